The Morgan fingerprint density at radius 2 is 2.31 bits per heavy atom. The first kappa shape index (κ1) is 12.4. The number of hydrogen-bond acceptors (Lipinski definition) is 3. The molecule has 1 rings (SSSR count). The number of carbonyl (C=O) groups excluding carboxylic acids is 1. The lowest BCUT2D eigenvalue weighted by Gasteiger charge is -2.10. The molecule has 0 aliphatic rings. The van der Waals surface area contributed by atoms with Crippen molar-refractivity contribution in [3.8, 4) is 5.75 Å². The van der Waals surface area contributed by atoms with Crippen LogP contribution in [0.25, 0.3) is 0 Å². The van der Waals surface area contributed by atoms with E-state index in [1.165, 1.54) is 18.2 Å². The van der Waals surface area contributed by atoms with Crippen LogP contribution >= 0.6 is 0 Å². The molecule has 0 saturated heterocycles. The van der Waals surface area contributed by atoms with Crippen LogP contribution in [0.5, 0.6) is 5.75 Å². The average molecular weight is 227 g/mol. The van der Waals surface area contributed by atoms with Crippen molar-refractivity contribution in [2.45, 2.75) is 13.5 Å². The van der Waals surface area contributed by atoms with Crippen LogP contribution in [-0.2, 0) is 11.4 Å². The summed E-state index contributed by atoms with van der Waals surface area (Å²) in [6.07, 6.45) is 0. The van der Waals surface area contributed by atoms with Gasteiger partial charge in [0.2, 0.25) is 0 Å². The van der Waals surface area contributed by atoms with Gasteiger partial charge in [-0.2, -0.15) is 0 Å². The Hall–Kier alpha value is -1.62. The van der Waals surface area contributed by atoms with Gasteiger partial charge >= 0.3 is 0 Å². The molecule has 0 heterocycles. The van der Waals surface area contributed by atoms with Crippen molar-refractivity contribution in [2.75, 3.05) is 13.2 Å². The molecule has 0 unspecified atom stereocenters. The molecule has 0 spiro atoms. The fourth-order valence-corrected chi connectivity index (χ4v) is 1.23. The highest BCUT2D eigenvalue weighted by Crippen LogP contribution is 2.22. The van der Waals surface area contributed by atoms with Crippen LogP contribution < -0.4 is 10.1 Å². The second kappa shape index (κ2) is 6.07. The molecule has 1 amide bonds. The van der Waals surface area contributed by atoms with Gasteiger partial charge in [-0.15, -0.1) is 0 Å². The van der Waals surface area contributed by atoms with Crippen molar-refractivity contribution >= 4 is 5.91 Å². The molecule has 0 aromatic heterocycles. The van der Waals surface area contributed by atoms with Gasteiger partial charge in [-0.05, 0) is 13.0 Å². The van der Waals surface area contributed by atoms with Crippen LogP contribution in [0.2, 0.25) is 0 Å². The Morgan fingerprint density at radius 1 is 1.56 bits per heavy atom. The quantitative estimate of drug-likeness (QED) is 0.783. The van der Waals surface area contributed by atoms with E-state index in [2.05, 4.69) is 5.32 Å². The van der Waals surface area contributed by atoms with E-state index in [1.54, 1.807) is 6.92 Å². The molecule has 88 valence electrons. The van der Waals surface area contributed by atoms with Gasteiger partial charge in [0.25, 0.3) is 5.91 Å². The fourth-order valence-electron chi connectivity index (χ4n) is 1.23. The highest BCUT2D eigenvalue weighted by molar-refractivity contribution is 5.77. The number of benzene rings is 1. The van der Waals surface area contributed by atoms with Gasteiger partial charge in [-0.3, -0.25) is 4.79 Å². The smallest absolute Gasteiger partial charge is 0.257 e. The van der Waals surface area contributed by atoms with E-state index in [1.807, 2.05) is 0 Å². The number of para-hydroxylation sites is 1. The first-order valence-corrected chi connectivity index (χ1v) is 4.96. The van der Waals surface area contributed by atoms with Crippen molar-refractivity contribution in [1.82, 2.24) is 5.32 Å². The van der Waals surface area contributed by atoms with Crippen LogP contribution in [0.15, 0.2) is 18.2 Å². The van der Waals surface area contributed by atoms with E-state index in [0.29, 0.717) is 12.1 Å². The predicted octanol–water partition coefficient (Wildman–Crippen LogP) is 0.833. The molecule has 1 aromatic carbocycles. The molecule has 16 heavy (non-hydrogen) atoms. The highest BCUT2D eigenvalue weighted by atomic mass is 19.1. The summed E-state index contributed by atoms with van der Waals surface area (Å²) in [4.78, 5) is 11.1. The van der Waals surface area contributed by atoms with E-state index in [-0.39, 0.29) is 24.9 Å². The van der Waals surface area contributed by atoms with E-state index < -0.39 is 5.82 Å². The zero-order valence-corrected chi connectivity index (χ0v) is 9.00. The Labute approximate surface area is 93.0 Å². The third-order valence-electron chi connectivity index (χ3n) is 1.94. The molecule has 5 heteroatoms. The molecule has 0 saturated carbocycles. The van der Waals surface area contributed by atoms with Gasteiger partial charge < -0.3 is 15.2 Å². The van der Waals surface area contributed by atoms with Gasteiger partial charge in [0.05, 0.1) is 6.61 Å². The summed E-state index contributed by atoms with van der Waals surface area (Å²) >= 11 is 0. The summed E-state index contributed by atoms with van der Waals surface area (Å²) in [6.45, 7) is 1.68. The Morgan fingerprint density at radius 3 is 2.94 bits per heavy atom. The van der Waals surface area contributed by atoms with Gasteiger partial charge in [0.15, 0.2) is 18.2 Å². The Kier molecular flexibility index (Phi) is 4.72. The number of hydrogen-bond donors (Lipinski definition) is 2. The molecule has 0 aliphatic heterocycles. The number of carbonyl (C=O) groups is 1. The third kappa shape index (κ3) is 3.20. The maximum atomic E-state index is 13.3. The Bertz CT molecular complexity index is 368. The van der Waals surface area contributed by atoms with Gasteiger partial charge in [-0.1, -0.05) is 12.1 Å². The van der Waals surface area contributed by atoms with Crippen LogP contribution in [0.4, 0.5) is 4.39 Å². The zero-order chi connectivity index (χ0) is 12.0. The molecular weight excluding hydrogens is 213 g/mol. The molecule has 0 radical (unpaired) electrons. The number of amides is 1. The lowest BCUT2D eigenvalue weighted by molar-refractivity contribution is -0.123. The number of ether oxygens (including phenoxy) is 1. The molecule has 0 atom stereocenters. The summed E-state index contributed by atoms with van der Waals surface area (Å²) in [5.41, 5.74) is 0.323. The van der Waals surface area contributed by atoms with Gasteiger partial charge in [0.1, 0.15) is 0 Å². The number of aliphatic hydroxyl groups excluding tert-OH is 1. The number of aliphatic hydroxyl groups is 1. The maximum Gasteiger partial charge on any atom is 0.257 e. The third-order valence-corrected chi connectivity index (χ3v) is 1.94. The van der Waals surface area contributed by atoms with Crippen LogP contribution in [0.1, 0.15) is 12.5 Å². The Balaban J connectivity index is 2.69. The lowest BCUT2D eigenvalue weighted by atomic mass is 10.2. The second-order valence-corrected chi connectivity index (χ2v) is 3.13. The predicted molar refractivity (Wildman–Crippen MR) is 56.5 cm³/mol. The second-order valence-electron chi connectivity index (χ2n) is 3.13. The molecule has 0 bridgehead atoms. The molecule has 1 aromatic rings. The summed E-state index contributed by atoms with van der Waals surface area (Å²) in [5, 5.41) is 11.5. The minimum Gasteiger partial charge on any atom is -0.480 e. The van der Waals surface area contributed by atoms with E-state index in [0.717, 1.165) is 0 Å². The SMILES string of the molecule is CCNC(=O)COc1c(F)cccc1CO. The summed E-state index contributed by atoms with van der Waals surface area (Å²) in [6, 6.07) is 4.22. The number of likely N-dealkylation sites (N-methyl/N-ethyl adjacent to an activating group) is 1. The van der Waals surface area contributed by atoms with E-state index in [9.17, 15) is 9.18 Å². The summed E-state index contributed by atoms with van der Waals surface area (Å²) in [5.74, 6) is -0.984. The maximum absolute atomic E-state index is 13.3. The monoisotopic (exact) mass is 227 g/mol. The van der Waals surface area contributed by atoms with Crippen LogP contribution in [0.3, 0.4) is 0 Å². The van der Waals surface area contributed by atoms with Crippen molar-refractivity contribution < 1.29 is 19.0 Å². The van der Waals surface area contributed by atoms with Crippen LogP contribution in [0, 0.1) is 5.82 Å². The topological polar surface area (TPSA) is 58.6 Å². The van der Waals surface area contributed by atoms with Crippen molar-refractivity contribution in [3.05, 3.63) is 29.6 Å². The zero-order valence-electron chi connectivity index (χ0n) is 9.00. The largest absolute Gasteiger partial charge is 0.480 e. The fraction of sp³-hybridized carbons (Fsp3) is 0.364. The average Bonchev–Trinajstić information content (AvgIpc) is 2.27. The molecular formula is C11H14FNO3. The number of halogens is 1. The van der Waals surface area contributed by atoms with Crippen molar-refractivity contribution in [1.29, 1.82) is 0 Å². The first-order valence-electron chi connectivity index (χ1n) is 4.96. The highest BCUT2D eigenvalue weighted by Gasteiger charge is 2.10. The lowest BCUT2D eigenvalue weighted by Crippen LogP contribution is -2.28. The first-order chi connectivity index (χ1) is 7.69. The van der Waals surface area contributed by atoms with Crippen LogP contribution in [-0.4, -0.2) is 24.2 Å². The molecule has 0 aliphatic carbocycles. The molecule has 2 N–H and O–H groups in total. The van der Waals surface area contributed by atoms with Crippen molar-refractivity contribution in [2.24, 2.45) is 0 Å². The standard InChI is InChI=1S/C11H14FNO3/c1-2-13-10(15)7-16-11-8(6-14)4-3-5-9(11)12/h3-5,14H,2,6-7H2,1H3,(H,13,15). The normalized spacial score (nSPS) is 9.94. The minimum absolute atomic E-state index is 0.0729. The number of nitrogens with one attached hydrogen (secondary N) is 1. The van der Waals surface area contributed by atoms with E-state index in [4.69, 9.17) is 9.84 Å². The summed E-state index contributed by atoms with van der Waals surface area (Å²) in [7, 11) is 0. The molecule has 4 nitrogen and oxygen atoms in total. The van der Waals surface area contributed by atoms with Gasteiger partial charge in [0, 0.05) is 12.1 Å². The van der Waals surface area contributed by atoms with Gasteiger partial charge in [-0.25, -0.2) is 4.39 Å². The molecule has 0 fully saturated rings. The van der Waals surface area contributed by atoms with E-state index >= 15 is 0 Å². The number of rotatable bonds is 5. The summed E-state index contributed by atoms with van der Waals surface area (Å²) < 4.78 is 18.3. The van der Waals surface area contributed by atoms with Crippen molar-refractivity contribution in [3.63, 3.8) is 0 Å². The minimum atomic E-state index is -0.587.